The van der Waals surface area contributed by atoms with Crippen molar-refractivity contribution >= 4 is 12.1 Å². The fourth-order valence-corrected chi connectivity index (χ4v) is 2.26. The molecule has 122 valence electrons. The summed E-state index contributed by atoms with van der Waals surface area (Å²) in [7, 11) is 0. The molecule has 21 heavy (non-hydrogen) atoms. The Balaban J connectivity index is 2.96. The molecule has 1 amide bonds. The van der Waals surface area contributed by atoms with E-state index >= 15 is 0 Å². The number of hydrogen-bond acceptors (Lipinski definition) is 5. The number of nitrogens with zero attached hydrogens (tertiary/aromatic N) is 1. The van der Waals surface area contributed by atoms with Gasteiger partial charge in [0.1, 0.15) is 5.60 Å². The molecule has 1 fully saturated rings. The number of carboxylic acids is 1. The van der Waals surface area contributed by atoms with E-state index in [9.17, 15) is 14.7 Å². The number of carboxylic acid groups (broad SMARTS) is 1. The van der Waals surface area contributed by atoms with Crippen LogP contribution < -0.4 is 0 Å². The van der Waals surface area contributed by atoms with Gasteiger partial charge in [-0.1, -0.05) is 13.8 Å². The summed E-state index contributed by atoms with van der Waals surface area (Å²) in [4.78, 5) is 24.8. The van der Waals surface area contributed by atoms with Crippen molar-refractivity contribution < 1.29 is 29.3 Å². The van der Waals surface area contributed by atoms with Gasteiger partial charge in [0.2, 0.25) is 0 Å². The van der Waals surface area contributed by atoms with Crippen molar-refractivity contribution in [1.29, 1.82) is 0 Å². The van der Waals surface area contributed by atoms with Gasteiger partial charge in [-0.15, -0.1) is 0 Å². The number of aliphatic hydroxyl groups excluding tert-OH is 1. The Hall–Kier alpha value is -1.34. The Kier molecular flexibility index (Phi) is 5.22. The SMILES string of the molecule is CC(C)(C)OC(=O)N1CCOCC1C(C)(C)C(O)C(=O)O. The van der Waals surface area contributed by atoms with Crippen LogP contribution in [-0.2, 0) is 14.3 Å². The van der Waals surface area contributed by atoms with Crippen molar-refractivity contribution in [2.24, 2.45) is 5.41 Å². The zero-order chi connectivity index (χ0) is 16.4. The maximum Gasteiger partial charge on any atom is 0.410 e. The molecule has 0 radical (unpaired) electrons. The van der Waals surface area contributed by atoms with E-state index in [1.165, 1.54) is 4.90 Å². The number of carbonyl (C=O) groups excluding carboxylic acids is 1. The Morgan fingerprint density at radius 1 is 1.29 bits per heavy atom. The molecule has 1 rings (SSSR count). The van der Waals surface area contributed by atoms with Crippen molar-refractivity contribution in [3.8, 4) is 0 Å². The normalized spacial score (nSPS) is 21.8. The lowest BCUT2D eigenvalue weighted by atomic mass is 9.78. The van der Waals surface area contributed by atoms with E-state index in [1.54, 1.807) is 34.6 Å². The van der Waals surface area contributed by atoms with Crippen molar-refractivity contribution in [2.75, 3.05) is 19.8 Å². The fourth-order valence-electron chi connectivity index (χ4n) is 2.26. The lowest BCUT2D eigenvalue weighted by Gasteiger charge is -2.45. The summed E-state index contributed by atoms with van der Waals surface area (Å²) in [5, 5.41) is 18.9. The van der Waals surface area contributed by atoms with Crippen LogP contribution in [-0.4, -0.2) is 64.7 Å². The van der Waals surface area contributed by atoms with Crippen LogP contribution in [0, 0.1) is 5.41 Å². The summed E-state index contributed by atoms with van der Waals surface area (Å²) >= 11 is 0. The van der Waals surface area contributed by atoms with Crippen LogP contribution in [0.3, 0.4) is 0 Å². The van der Waals surface area contributed by atoms with Crippen LogP contribution in [0.25, 0.3) is 0 Å². The third-order valence-electron chi connectivity index (χ3n) is 3.55. The van der Waals surface area contributed by atoms with Gasteiger partial charge in [0.15, 0.2) is 6.10 Å². The largest absolute Gasteiger partial charge is 0.479 e. The van der Waals surface area contributed by atoms with Crippen molar-refractivity contribution in [3.05, 3.63) is 0 Å². The third kappa shape index (κ3) is 4.31. The summed E-state index contributed by atoms with van der Waals surface area (Å²) in [6.07, 6.45) is -2.13. The molecule has 1 heterocycles. The maximum absolute atomic E-state index is 12.3. The van der Waals surface area contributed by atoms with Gasteiger partial charge in [-0.3, -0.25) is 4.90 Å². The molecule has 2 N–H and O–H groups in total. The molecule has 0 spiro atoms. The van der Waals surface area contributed by atoms with Crippen LogP contribution in [0.5, 0.6) is 0 Å². The number of hydrogen-bond donors (Lipinski definition) is 2. The van der Waals surface area contributed by atoms with Crippen LogP contribution in [0.2, 0.25) is 0 Å². The topological polar surface area (TPSA) is 96.3 Å². The molecule has 0 aliphatic carbocycles. The lowest BCUT2D eigenvalue weighted by Crippen LogP contribution is -2.60. The molecule has 1 aliphatic rings. The van der Waals surface area contributed by atoms with Crippen LogP contribution in [0.4, 0.5) is 4.79 Å². The van der Waals surface area contributed by atoms with Gasteiger partial charge >= 0.3 is 12.1 Å². The first-order valence-electron chi connectivity index (χ1n) is 6.95. The van der Waals surface area contributed by atoms with Crippen molar-refractivity contribution in [3.63, 3.8) is 0 Å². The van der Waals surface area contributed by atoms with Gasteiger partial charge in [0.05, 0.1) is 19.3 Å². The third-order valence-corrected chi connectivity index (χ3v) is 3.55. The second-order valence-electron chi connectivity index (χ2n) is 6.83. The summed E-state index contributed by atoms with van der Waals surface area (Å²) in [6.45, 7) is 9.30. The highest BCUT2D eigenvalue weighted by Gasteiger charge is 2.47. The standard InChI is InChI=1S/C14H25NO6/c1-13(2,3)21-12(19)15-6-7-20-8-9(15)14(4,5)10(16)11(17)18/h9-10,16H,6-8H2,1-5H3,(H,17,18). The Bertz CT molecular complexity index is 401. The molecular formula is C14H25NO6. The van der Waals surface area contributed by atoms with Gasteiger partial charge in [-0.05, 0) is 20.8 Å². The first-order valence-corrected chi connectivity index (χ1v) is 6.95. The molecule has 2 unspecified atom stereocenters. The number of rotatable bonds is 3. The number of carbonyl (C=O) groups is 2. The van der Waals surface area contributed by atoms with E-state index in [0.717, 1.165) is 0 Å². The smallest absolute Gasteiger partial charge is 0.410 e. The molecule has 7 heteroatoms. The number of morpholine rings is 1. The van der Waals surface area contributed by atoms with E-state index in [0.29, 0.717) is 13.2 Å². The molecule has 0 aromatic heterocycles. The van der Waals surface area contributed by atoms with Crippen LogP contribution in [0.1, 0.15) is 34.6 Å². The monoisotopic (exact) mass is 303 g/mol. The minimum Gasteiger partial charge on any atom is -0.479 e. The molecular weight excluding hydrogens is 278 g/mol. The average molecular weight is 303 g/mol. The zero-order valence-corrected chi connectivity index (χ0v) is 13.3. The number of aliphatic carboxylic acids is 1. The van der Waals surface area contributed by atoms with E-state index in [2.05, 4.69) is 0 Å². The fraction of sp³-hybridized carbons (Fsp3) is 0.857. The lowest BCUT2D eigenvalue weighted by molar-refractivity contribution is -0.160. The van der Waals surface area contributed by atoms with E-state index in [-0.39, 0.29) is 6.61 Å². The second kappa shape index (κ2) is 6.19. The van der Waals surface area contributed by atoms with Crippen molar-refractivity contribution in [2.45, 2.75) is 52.4 Å². The molecule has 2 atom stereocenters. The van der Waals surface area contributed by atoms with Crippen LogP contribution >= 0.6 is 0 Å². The molecule has 1 saturated heterocycles. The van der Waals surface area contributed by atoms with Gasteiger partial charge in [-0.2, -0.15) is 0 Å². The Morgan fingerprint density at radius 2 is 1.86 bits per heavy atom. The quantitative estimate of drug-likeness (QED) is 0.810. The summed E-state index contributed by atoms with van der Waals surface area (Å²) < 4.78 is 10.7. The Morgan fingerprint density at radius 3 is 2.33 bits per heavy atom. The molecule has 0 aromatic rings. The molecule has 0 bridgehead atoms. The maximum atomic E-state index is 12.3. The summed E-state index contributed by atoms with van der Waals surface area (Å²) in [6, 6.07) is -0.577. The first kappa shape index (κ1) is 17.7. The van der Waals surface area contributed by atoms with Gasteiger partial charge in [0.25, 0.3) is 0 Å². The number of amides is 1. The van der Waals surface area contributed by atoms with Gasteiger partial charge in [-0.25, -0.2) is 9.59 Å². The highest BCUT2D eigenvalue weighted by atomic mass is 16.6. The molecule has 1 aliphatic heterocycles. The predicted molar refractivity (Wildman–Crippen MR) is 75.0 cm³/mol. The minimum atomic E-state index is -1.60. The van der Waals surface area contributed by atoms with Crippen molar-refractivity contribution in [1.82, 2.24) is 4.90 Å². The highest BCUT2D eigenvalue weighted by Crippen LogP contribution is 2.32. The minimum absolute atomic E-state index is 0.163. The molecule has 0 saturated carbocycles. The Labute approximate surface area is 124 Å². The summed E-state index contributed by atoms with van der Waals surface area (Å²) in [5.74, 6) is -1.32. The predicted octanol–water partition coefficient (Wildman–Crippen LogP) is 1.09. The average Bonchev–Trinajstić information content (AvgIpc) is 2.35. The van der Waals surface area contributed by atoms with Gasteiger partial charge < -0.3 is 19.7 Å². The van der Waals surface area contributed by atoms with Crippen LogP contribution in [0.15, 0.2) is 0 Å². The molecule has 0 aromatic carbocycles. The second-order valence-corrected chi connectivity index (χ2v) is 6.83. The summed E-state index contributed by atoms with van der Waals surface area (Å²) in [5.41, 5.74) is -1.71. The zero-order valence-electron chi connectivity index (χ0n) is 13.3. The van der Waals surface area contributed by atoms with E-state index in [1.807, 2.05) is 0 Å². The molecule has 7 nitrogen and oxygen atoms in total. The highest BCUT2D eigenvalue weighted by molar-refractivity contribution is 5.74. The van der Waals surface area contributed by atoms with E-state index in [4.69, 9.17) is 14.6 Å². The van der Waals surface area contributed by atoms with E-state index < -0.39 is 35.2 Å². The number of ether oxygens (including phenoxy) is 2. The number of aliphatic hydroxyl groups is 1. The van der Waals surface area contributed by atoms with Gasteiger partial charge in [0, 0.05) is 12.0 Å². The first-order chi connectivity index (χ1) is 9.47.